The fraction of sp³-hybridized carbons (Fsp3) is 0. The van der Waals surface area contributed by atoms with Gasteiger partial charge in [-0.1, -0.05) is 97.1 Å². The molecule has 11 aromatic rings. The molecule has 0 radical (unpaired) electrons. The van der Waals surface area contributed by atoms with Crippen molar-refractivity contribution in [2.75, 3.05) is 0 Å². The first-order valence-electron chi connectivity index (χ1n) is 19.2. The monoisotopic (exact) mass is 746 g/mol. The molecular weight excluding hydrogens is 717 g/mol. The van der Waals surface area contributed by atoms with Crippen LogP contribution < -0.4 is 9.47 Å². The van der Waals surface area contributed by atoms with Crippen LogP contribution in [0.4, 0.5) is 0 Å². The Morgan fingerprint density at radius 2 is 0.862 bits per heavy atom. The fourth-order valence-electron chi connectivity index (χ4n) is 8.11. The zero-order valence-corrected chi connectivity index (χ0v) is 30.8. The van der Waals surface area contributed by atoms with Crippen molar-refractivity contribution in [1.29, 1.82) is 0 Å². The minimum absolute atomic E-state index is 0.566. The van der Waals surface area contributed by atoms with Gasteiger partial charge in [-0.15, -0.1) is 0 Å². The normalized spacial score (nSPS) is 12.1. The van der Waals surface area contributed by atoms with Crippen LogP contribution in [0.1, 0.15) is 0 Å². The fourth-order valence-corrected chi connectivity index (χ4v) is 8.11. The Hall–Kier alpha value is -8.03. The van der Waals surface area contributed by atoms with Crippen molar-refractivity contribution < 1.29 is 13.9 Å². The van der Waals surface area contributed by atoms with Crippen molar-refractivity contribution in [3.05, 3.63) is 182 Å². The summed E-state index contributed by atoms with van der Waals surface area (Å²) in [6, 6.07) is 61.7. The van der Waals surface area contributed by atoms with E-state index in [-0.39, 0.29) is 0 Å². The summed E-state index contributed by atoms with van der Waals surface area (Å²) >= 11 is 0. The first-order chi connectivity index (χ1) is 28.7. The molecule has 0 saturated heterocycles. The lowest BCUT2D eigenvalue weighted by molar-refractivity contribution is 0.360. The Bertz CT molecular complexity index is 3350. The summed E-state index contributed by atoms with van der Waals surface area (Å²) in [7, 11) is 0. The van der Waals surface area contributed by atoms with Crippen LogP contribution in [0.3, 0.4) is 0 Å². The molecule has 0 fully saturated rings. The lowest BCUT2D eigenvalue weighted by atomic mass is 10.0. The van der Waals surface area contributed by atoms with Crippen molar-refractivity contribution in [2.24, 2.45) is 0 Å². The molecular formula is C51H30N4O3. The van der Waals surface area contributed by atoms with Gasteiger partial charge in [-0.05, 0) is 96.1 Å². The molecule has 7 nitrogen and oxygen atoms in total. The average molecular weight is 747 g/mol. The number of hydrogen-bond acceptors (Lipinski definition) is 6. The molecule has 3 aromatic heterocycles. The highest BCUT2D eigenvalue weighted by Gasteiger charge is 2.20. The minimum atomic E-state index is 0.566. The van der Waals surface area contributed by atoms with E-state index >= 15 is 0 Å². The zero-order chi connectivity index (χ0) is 38.2. The lowest BCUT2D eigenvalue weighted by Gasteiger charge is -2.21. The van der Waals surface area contributed by atoms with E-state index in [0.717, 1.165) is 66.5 Å². The Morgan fingerprint density at radius 3 is 1.59 bits per heavy atom. The number of para-hydroxylation sites is 4. The molecule has 8 aromatic carbocycles. The molecule has 1 aliphatic heterocycles. The van der Waals surface area contributed by atoms with Crippen LogP contribution in [0.25, 0.3) is 94.7 Å². The van der Waals surface area contributed by atoms with E-state index in [0.29, 0.717) is 40.5 Å². The van der Waals surface area contributed by atoms with Crippen molar-refractivity contribution in [3.63, 3.8) is 0 Å². The summed E-state index contributed by atoms with van der Waals surface area (Å²) in [4.78, 5) is 15.1. The number of benzene rings is 8. The van der Waals surface area contributed by atoms with Crippen molar-refractivity contribution in [1.82, 2.24) is 19.5 Å². The Balaban J connectivity index is 0.919. The van der Waals surface area contributed by atoms with Gasteiger partial charge in [0, 0.05) is 43.9 Å². The maximum Gasteiger partial charge on any atom is 0.170 e. The summed E-state index contributed by atoms with van der Waals surface area (Å²) in [6.07, 6.45) is 0. The third kappa shape index (κ3) is 5.25. The van der Waals surface area contributed by atoms with Crippen LogP contribution in [0.15, 0.2) is 186 Å². The van der Waals surface area contributed by atoms with E-state index < -0.39 is 0 Å². The standard InChI is InChI=1S/C51H30N4O3/c1-2-10-31(11-3-1)49-52-50(32-18-23-36(24-19-32)55-41-14-6-4-12-37(41)38-13-5-7-15-42(38)55)54-51(53-49)35-20-25-39-40-28-33(21-26-43(40)56-47(39)30-35)34-22-27-46-48(29-34)58-45-17-9-8-16-44(45)57-46/h1-30H. The van der Waals surface area contributed by atoms with Gasteiger partial charge in [-0.25, -0.2) is 15.0 Å². The first-order valence-corrected chi connectivity index (χ1v) is 19.2. The molecule has 1 aliphatic rings. The number of ether oxygens (including phenoxy) is 2. The van der Waals surface area contributed by atoms with E-state index in [4.69, 9.17) is 28.8 Å². The van der Waals surface area contributed by atoms with Gasteiger partial charge in [-0.2, -0.15) is 0 Å². The largest absolute Gasteiger partial charge is 0.456 e. The molecule has 0 unspecified atom stereocenters. The molecule has 0 saturated carbocycles. The predicted octanol–water partition coefficient (Wildman–Crippen LogP) is 13.4. The molecule has 58 heavy (non-hydrogen) atoms. The first kappa shape index (κ1) is 32.2. The van der Waals surface area contributed by atoms with Gasteiger partial charge < -0.3 is 18.5 Å². The van der Waals surface area contributed by atoms with Crippen LogP contribution in [-0.2, 0) is 0 Å². The van der Waals surface area contributed by atoms with Gasteiger partial charge in [-0.3, -0.25) is 0 Å². The third-order valence-electron chi connectivity index (χ3n) is 10.9. The zero-order valence-electron chi connectivity index (χ0n) is 30.8. The second kappa shape index (κ2) is 12.8. The van der Waals surface area contributed by atoms with Crippen LogP contribution in [0, 0.1) is 0 Å². The van der Waals surface area contributed by atoms with Crippen molar-refractivity contribution >= 4 is 43.7 Å². The molecule has 0 amide bonds. The van der Waals surface area contributed by atoms with Gasteiger partial charge in [0.15, 0.2) is 40.5 Å². The summed E-state index contributed by atoms with van der Waals surface area (Å²) in [5.41, 5.74) is 9.65. The SMILES string of the molecule is c1ccc(-c2nc(-c3ccc(-n4c5ccccc5c5ccccc54)cc3)nc(-c3ccc4c(c3)oc3ccc(-c5ccc6c(c5)Oc5ccccc5O6)cc34)n2)cc1. The lowest BCUT2D eigenvalue weighted by Crippen LogP contribution is -2.00. The summed E-state index contributed by atoms with van der Waals surface area (Å²) < 4.78 is 21.0. The van der Waals surface area contributed by atoms with Crippen molar-refractivity contribution in [2.45, 2.75) is 0 Å². The van der Waals surface area contributed by atoms with E-state index in [1.165, 1.54) is 10.8 Å². The average Bonchev–Trinajstić information content (AvgIpc) is 3.83. The van der Waals surface area contributed by atoms with Crippen molar-refractivity contribution in [3.8, 4) is 74.0 Å². The maximum absolute atomic E-state index is 6.46. The number of nitrogens with zero attached hydrogens (tertiary/aromatic N) is 4. The molecule has 0 atom stereocenters. The number of rotatable bonds is 5. The minimum Gasteiger partial charge on any atom is -0.456 e. The second-order valence-electron chi connectivity index (χ2n) is 14.4. The predicted molar refractivity (Wildman–Crippen MR) is 230 cm³/mol. The van der Waals surface area contributed by atoms with Crippen LogP contribution in [0.2, 0.25) is 0 Å². The van der Waals surface area contributed by atoms with E-state index in [2.05, 4.69) is 108 Å². The van der Waals surface area contributed by atoms with Crippen LogP contribution in [0.5, 0.6) is 23.0 Å². The molecule has 7 heteroatoms. The topological polar surface area (TPSA) is 75.2 Å². The molecule has 0 bridgehead atoms. The smallest absolute Gasteiger partial charge is 0.170 e. The highest BCUT2D eigenvalue weighted by atomic mass is 16.6. The molecule has 272 valence electrons. The summed E-state index contributed by atoms with van der Waals surface area (Å²) in [6.45, 7) is 0. The van der Waals surface area contributed by atoms with Gasteiger partial charge in [0.2, 0.25) is 0 Å². The Kier molecular flexibility index (Phi) is 7.09. The quantitative estimate of drug-likeness (QED) is 0.175. The maximum atomic E-state index is 6.46. The number of hydrogen-bond donors (Lipinski definition) is 0. The van der Waals surface area contributed by atoms with E-state index in [9.17, 15) is 0 Å². The Morgan fingerprint density at radius 1 is 0.328 bits per heavy atom. The molecule has 0 N–H and O–H groups in total. The third-order valence-corrected chi connectivity index (χ3v) is 10.9. The highest BCUT2D eigenvalue weighted by Crippen LogP contribution is 2.47. The summed E-state index contributed by atoms with van der Waals surface area (Å²) in [5.74, 6) is 4.55. The molecule has 4 heterocycles. The highest BCUT2D eigenvalue weighted by molar-refractivity contribution is 6.09. The Labute approximate surface area is 332 Å². The number of furan rings is 1. The van der Waals surface area contributed by atoms with Crippen LogP contribution >= 0.6 is 0 Å². The van der Waals surface area contributed by atoms with E-state index in [1.54, 1.807) is 0 Å². The van der Waals surface area contributed by atoms with E-state index in [1.807, 2.05) is 78.9 Å². The summed E-state index contributed by atoms with van der Waals surface area (Å²) in [5, 5.41) is 4.48. The van der Waals surface area contributed by atoms with Gasteiger partial charge in [0.1, 0.15) is 11.2 Å². The van der Waals surface area contributed by atoms with Gasteiger partial charge in [0.05, 0.1) is 11.0 Å². The molecule has 0 spiro atoms. The number of fused-ring (bicyclic) bond motifs is 8. The van der Waals surface area contributed by atoms with Crippen LogP contribution in [-0.4, -0.2) is 19.5 Å². The number of aromatic nitrogens is 4. The second-order valence-corrected chi connectivity index (χ2v) is 14.4. The molecule has 12 rings (SSSR count). The van der Waals surface area contributed by atoms with Gasteiger partial charge >= 0.3 is 0 Å². The molecule has 0 aliphatic carbocycles. The van der Waals surface area contributed by atoms with Gasteiger partial charge in [0.25, 0.3) is 0 Å².